The molecule has 1 aromatic carbocycles. The number of hydrogen-bond donors (Lipinski definition) is 2. The van der Waals surface area contributed by atoms with Gasteiger partial charge >= 0.3 is 0 Å². The van der Waals surface area contributed by atoms with Gasteiger partial charge in [0, 0.05) is 44.9 Å². The first kappa shape index (κ1) is 20.9. The maximum absolute atomic E-state index is 12.2. The van der Waals surface area contributed by atoms with Gasteiger partial charge < -0.3 is 19.5 Å². The number of halogens is 1. The molecule has 1 aromatic rings. The highest BCUT2D eigenvalue weighted by Gasteiger charge is 2.16. The van der Waals surface area contributed by atoms with Crippen LogP contribution < -0.4 is 19.5 Å². The van der Waals surface area contributed by atoms with E-state index < -0.39 is 10.0 Å². The molecule has 0 fully saturated rings. The standard InChI is InChI=1S/C13H22N2O5S.ClH/c1-18-7-6-14-4-5-15-21(16,17)13-9-11(19-2)8-12(10-13)20-3;/h8-10,14-15H,4-7H2,1-3H3;1H. The fourth-order valence-electron chi connectivity index (χ4n) is 1.59. The van der Waals surface area contributed by atoms with E-state index in [1.54, 1.807) is 13.2 Å². The monoisotopic (exact) mass is 354 g/mol. The Morgan fingerprint density at radius 3 is 2.05 bits per heavy atom. The fraction of sp³-hybridized carbons (Fsp3) is 0.538. The molecule has 0 aliphatic heterocycles. The number of rotatable bonds is 10. The summed E-state index contributed by atoms with van der Waals surface area (Å²) in [6, 6.07) is 4.51. The van der Waals surface area contributed by atoms with Crippen LogP contribution in [-0.4, -0.2) is 56.0 Å². The smallest absolute Gasteiger partial charge is 0.240 e. The number of benzene rings is 1. The fourth-order valence-corrected chi connectivity index (χ4v) is 2.67. The van der Waals surface area contributed by atoms with Crippen molar-refractivity contribution in [3.05, 3.63) is 18.2 Å². The third-order valence-corrected chi connectivity index (χ3v) is 4.15. The zero-order chi connectivity index (χ0) is 15.7. The summed E-state index contributed by atoms with van der Waals surface area (Å²) >= 11 is 0. The van der Waals surface area contributed by atoms with Crippen molar-refractivity contribution >= 4 is 22.4 Å². The zero-order valence-corrected chi connectivity index (χ0v) is 14.6. The van der Waals surface area contributed by atoms with Gasteiger partial charge in [-0.3, -0.25) is 0 Å². The first-order valence-corrected chi connectivity index (χ1v) is 7.94. The van der Waals surface area contributed by atoms with Gasteiger partial charge in [0.25, 0.3) is 0 Å². The van der Waals surface area contributed by atoms with Crippen molar-refractivity contribution in [2.24, 2.45) is 0 Å². The third kappa shape index (κ3) is 6.80. The van der Waals surface area contributed by atoms with Crippen molar-refractivity contribution < 1.29 is 22.6 Å². The van der Waals surface area contributed by atoms with E-state index in [-0.39, 0.29) is 23.8 Å². The SMILES string of the molecule is COCCNCCNS(=O)(=O)c1cc(OC)cc(OC)c1.Cl. The lowest BCUT2D eigenvalue weighted by atomic mass is 10.3. The van der Waals surface area contributed by atoms with Gasteiger partial charge in [0.1, 0.15) is 11.5 Å². The Morgan fingerprint density at radius 1 is 0.955 bits per heavy atom. The lowest BCUT2D eigenvalue weighted by molar-refractivity contribution is 0.199. The molecule has 0 aliphatic carbocycles. The predicted molar refractivity (Wildman–Crippen MR) is 86.7 cm³/mol. The van der Waals surface area contributed by atoms with E-state index in [1.807, 2.05) is 0 Å². The predicted octanol–water partition coefficient (Wildman–Crippen LogP) is 0.640. The van der Waals surface area contributed by atoms with Crippen LogP contribution in [0.1, 0.15) is 0 Å². The summed E-state index contributed by atoms with van der Waals surface area (Å²) in [5.41, 5.74) is 0. The Morgan fingerprint density at radius 2 is 1.55 bits per heavy atom. The minimum atomic E-state index is -3.60. The van der Waals surface area contributed by atoms with E-state index in [0.717, 1.165) is 0 Å². The minimum Gasteiger partial charge on any atom is -0.497 e. The van der Waals surface area contributed by atoms with Crippen LogP contribution in [0.2, 0.25) is 0 Å². The second kappa shape index (κ2) is 10.6. The molecule has 2 N–H and O–H groups in total. The number of sulfonamides is 1. The van der Waals surface area contributed by atoms with Crippen LogP contribution in [0.25, 0.3) is 0 Å². The van der Waals surface area contributed by atoms with Gasteiger partial charge in [0.15, 0.2) is 0 Å². The van der Waals surface area contributed by atoms with E-state index >= 15 is 0 Å². The molecule has 0 unspecified atom stereocenters. The molecule has 0 saturated carbocycles. The van der Waals surface area contributed by atoms with Crippen LogP contribution >= 0.6 is 12.4 Å². The summed E-state index contributed by atoms with van der Waals surface area (Å²) in [7, 11) is 0.953. The highest BCUT2D eigenvalue weighted by atomic mass is 35.5. The second-order valence-electron chi connectivity index (χ2n) is 4.19. The second-order valence-corrected chi connectivity index (χ2v) is 5.96. The van der Waals surface area contributed by atoms with Crippen LogP contribution in [0.5, 0.6) is 11.5 Å². The molecule has 0 atom stereocenters. The lowest BCUT2D eigenvalue weighted by Crippen LogP contribution is -2.33. The van der Waals surface area contributed by atoms with Crippen LogP contribution in [0.4, 0.5) is 0 Å². The average Bonchev–Trinajstić information content (AvgIpc) is 2.50. The maximum atomic E-state index is 12.2. The average molecular weight is 355 g/mol. The van der Waals surface area contributed by atoms with E-state index in [0.29, 0.717) is 31.2 Å². The summed E-state index contributed by atoms with van der Waals surface area (Å²) in [6.07, 6.45) is 0. The van der Waals surface area contributed by atoms with Crippen molar-refractivity contribution in [3.8, 4) is 11.5 Å². The molecule has 0 saturated heterocycles. The molecular formula is C13H23ClN2O5S. The normalized spacial score (nSPS) is 10.9. The highest BCUT2D eigenvalue weighted by molar-refractivity contribution is 7.89. The first-order chi connectivity index (χ1) is 10.0. The maximum Gasteiger partial charge on any atom is 0.240 e. The molecule has 0 amide bonds. The molecule has 128 valence electrons. The highest BCUT2D eigenvalue weighted by Crippen LogP contribution is 2.25. The Labute approximate surface area is 137 Å². The Kier molecular flexibility index (Phi) is 10.1. The number of nitrogens with one attached hydrogen (secondary N) is 2. The van der Waals surface area contributed by atoms with E-state index in [9.17, 15) is 8.42 Å². The first-order valence-electron chi connectivity index (χ1n) is 6.46. The largest absolute Gasteiger partial charge is 0.497 e. The molecule has 1 rings (SSSR count). The summed E-state index contributed by atoms with van der Waals surface area (Å²) in [5.74, 6) is 0.848. The molecule has 0 aromatic heterocycles. The van der Waals surface area contributed by atoms with Gasteiger partial charge in [0.2, 0.25) is 10.0 Å². The summed E-state index contributed by atoms with van der Waals surface area (Å²) in [4.78, 5) is 0.107. The Hall–Kier alpha value is -1.06. The van der Waals surface area contributed by atoms with E-state index in [1.165, 1.54) is 26.4 Å². The zero-order valence-electron chi connectivity index (χ0n) is 12.9. The Bertz CT molecular complexity index is 517. The van der Waals surface area contributed by atoms with Crippen molar-refractivity contribution in [2.75, 3.05) is 47.6 Å². The quantitative estimate of drug-likeness (QED) is 0.600. The molecule has 0 bridgehead atoms. The molecule has 0 heterocycles. The van der Waals surface area contributed by atoms with Crippen molar-refractivity contribution in [3.63, 3.8) is 0 Å². The molecule has 0 spiro atoms. The van der Waals surface area contributed by atoms with Crippen LogP contribution in [-0.2, 0) is 14.8 Å². The van der Waals surface area contributed by atoms with Gasteiger partial charge in [-0.2, -0.15) is 0 Å². The summed E-state index contributed by atoms with van der Waals surface area (Å²) < 4.78 is 41.9. The molecule has 7 nitrogen and oxygen atoms in total. The number of ether oxygens (including phenoxy) is 3. The summed E-state index contributed by atoms with van der Waals surface area (Å²) in [5, 5.41) is 3.05. The topological polar surface area (TPSA) is 85.9 Å². The molecule has 0 aliphatic rings. The van der Waals surface area contributed by atoms with E-state index in [2.05, 4.69) is 10.0 Å². The van der Waals surface area contributed by atoms with Gasteiger partial charge in [-0.15, -0.1) is 12.4 Å². The van der Waals surface area contributed by atoms with Gasteiger partial charge in [-0.25, -0.2) is 13.1 Å². The Balaban J connectivity index is 0.00000441. The molecule has 0 radical (unpaired) electrons. The van der Waals surface area contributed by atoms with Crippen LogP contribution in [0.3, 0.4) is 0 Å². The lowest BCUT2D eigenvalue weighted by Gasteiger charge is -2.10. The van der Waals surface area contributed by atoms with Crippen LogP contribution in [0, 0.1) is 0 Å². The van der Waals surface area contributed by atoms with E-state index in [4.69, 9.17) is 14.2 Å². The molecule has 22 heavy (non-hydrogen) atoms. The molecular weight excluding hydrogens is 332 g/mol. The van der Waals surface area contributed by atoms with Crippen LogP contribution in [0.15, 0.2) is 23.1 Å². The number of methoxy groups -OCH3 is 3. The van der Waals surface area contributed by atoms with Gasteiger partial charge in [0.05, 0.1) is 25.7 Å². The third-order valence-electron chi connectivity index (χ3n) is 2.71. The van der Waals surface area contributed by atoms with Gasteiger partial charge in [-0.1, -0.05) is 0 Å². The molecule has 9 heteroatoms. The summed E-state index contributed by atoms with van der Waals surface area (Å²) in [6.45, 7) is 2.06. The van der Waals surface area contributed by atoms with Gasteiger partial charge in [-0.05, 0) is 0 Å². The minimum absolute atomic E-state index is 0. The van der Waals surface area contributed by atoms with Crippen molar-refractivity contribution in [1.29, 1.82) is 0 Å². The number of hydrogen-bond acceptors (Lipinski definition) is 6. The van der Waals surface area contributed by atoms with Crippen molar-refractivity contribution in [2.45, 2.75) is 4.90 Å². The van der Waals surface area contributed by atoms with Crippen molar-refractivity contribution in [1.82, 2.24) is 10.0 Å².